The number of nitrogens with zero attached hydrogens (tertiary/aromatic N) is 3. The van der Waals surface area contributed by atoms with Gasteiger partial charge in [-0.25, -0.2) is 14.8 Å². The van der Waals surface area contributed by atoms with Crippen molar-refractivity contribution in [3.63, 3.8) is 0 Å². The lowest BCUT2D eigenvalue weighted by molar-refractivity contribution is -0.135. The average Bonchev–Trinajstić information content (AvgIpc) is 3.83. The standard InChI is InChI=1S/C42H43F2N7O3/c1-21(2)35(50-40(53)54-3)39(52)51-20-41(12-13-41)18-34(51)37-45-19-33(49-37)24-6-10-28-27-9-5-22(15-29(27)42(43,44)30(28)16-24)23-7-11-31-32(17-23)48-38(47-31)36-25-4-8-26(14-25)46-36/h5-7,9-11,15-17,19,21,25-26,34-36,46H,4,8,12-14,18,20H2,1-3H3,(H,45,49)(H,47,48)(H,50,53)/t25-,26?,34-,35-,36?/m0/s1. The first-order valence-electron chi connectivity index (χ1n) is 19.1. The van der Waals surface area contributed by atoms with E-state index in [2.05, 4.69) is 20.6 Å². The van der Waals surface area contributed by atoms with E-state index in [9.17, 15) is 9.59 Å². The number of hydrogen-bond donors (Lipinski definition) is 4. The minimum atomic E-state index is -3.20. The highest BCUT2D eigenvalue weighted by molar-refractivity contribution is 5.88. The Labute approximate surface area is 311 Å². The molecule has 2 bridgehead atoms. The van der Waals surface area contributed by atoms with E-state index in [1.807, 2.05) is 49.1 Å². The smallest absolute Gasteiger partial charge is 0.407 e. The van der Waals surface area contributed by atoms with Gasteiger partial charge in [0.2, 0.25) is 5.91 Å². The summed E-state index contributed by atoms with van der Waals surface area (Å²) in [7, 11) is 1.28. The van der Waals surface area contributed by atoms with Gasteiger partial charge in [-0.3, -0.25) is 4.79 Å². The first-order valence-corrected chi connectivity index (χ1v) is 19.1. The topological polar surface area (TPSA) is 128 Å². The minimum Gasteiger partial charge on any atom is -0.453 e. The highest BCUT2D eigenvalue weighted by Crippen LogP contribution is 2.59. The summed E-state index contributed by atoms with van der Waals surface area (Å²) in [4.78, 5) is 44.3. The predicted octanol–water partition coefficient (Wildman–Crippen LogP) is 7.99. The van der Waals surface area contributed by atoms with Gasteiger partial charge in [0.15, 0.2) is 0 Å². The van der Waals surface area contributed by atoms with Crippen LogP contribution in [-0.4, -0.2) is 62.6 Å². The number of carbonyl (C=O) groups excluding carboxylic acids is 2. The van der Waals surface area contributed by atoms with Crippen LogP contribution in [0.4, 0.5) is 13.6 Å². The molecule has 10 nitrogen and oxygen atoms in total. The van der Waals surface area contributed by atoms with Gasteiger partial charge in [-0.1, -0.05) is 44.2 Å². The van der Waals surface area contributed by atoms with Gasteiger partial charge in [0, 0.05) is 29.3 Å². The second-order valence-corrected chi connectivity index (χ2v) is 16.6. The molecule has 4 fully saturated rings. The van der Waals surface area contributed by atoms with E-state index >= 15 is 8.78 Å². The number of aromatic amines is 2. The van der Waals surface area contributed by atoms with Crippen molar-refractivity contribution in [1.82, 2.24) is 35.5 Å². The molecule has 10 rings (SSSR count). The summed E-state index contributed by atoms with van der Waals surface area (Å²) in [5.74, 6) is -1.37. The number of H-pyrrole nitrogens is 2. The summed E-state index contributed by atoms with van der Waals surface area (Å²) in [5.41, 5.74) is 5.58. The summed E-state index contributed by atoms with van der Waals surface area (Å²) in [5, 5.41) is 6.41. The molecule has 2 aromatic heterocycles. The Hall–Kier alpha value is -5.10. The molecule has 2 saturated carbocycles. The van der Waals surface area contributed by atoms with E-state index in [0.29, 0.717) is 46.7 Å². The van der Waals surface area contributed by atoms with Crippen LogP contribution in [0.3, 0.4) is 0 Å². The number of aromatic nitrogens is 4. The average molecular weight is 732 g/mol. The number of amides is 2. The predicted molar refractivity (Wildman–Crippen MR) is 199 cm³/mol. The Kier molecular flexibility index (Phi) is 7.41. The number of halogens is 2. The molecule has 12 heteroatoms. The Morgan fingerprint density at radius 3 is 2.35 bits per heavy atom. The SMILES string of the molecule is COC(=O)N[C@H](C(=O)N1CC2(CC2)C[C@H]1c1ncc(-c2ccc3c(c2)C(F)(F)c2cc(-c4ccc5nc(C6NC7CC[C@H]6C7)[nH]c5c4)ccc2-3)[nH]1)C(C)C. The van der Waals surface area contributed by atoms with Crippen molar-refractivity contribution in [2.24, 2.45) is 17.3 Å². The highest BCUT2D eigenvalue weighted by atomic mass is 19.3. The van der Waals surface area contributed by atoms with Crippen molar-refractivity contribution >= 4 is 23.0 Å². The molecule has 5 atom stereocenters. The van der Waals surface area contributed by atoms with Crippen LogP contribution < -0.4 is 10.6 Å². The third-order valence-electron chi connectivity index (χ3n) is 12.9. The lowest BCUT2D eigenvalue weighted by atomic mass is 9.98. The number of alkyl halides is 2. The monoisotopic (exact) mass is 731 g/mol. The number of benzene rings is 3. The molecule has 3 aromatic carbocycles. The Bertz CT molecular complexity index is 2340. The number of alkyl carbamates (subject to hydrolysis) is 1. The van der Waals surface area contributed by atoms with Crippen LogP contribution in [0.5, 0.6) is 0 Å². The lowest BCUT2D eigenvalue weighted by Crippen LogP contribution is -2.51. The van der Waals surface area contributed by atoms with E-state index in [4.69, 9.17) is 14.7 Å². The molecular weight excluding hydrogens is 689 g/mol. The second-order valence-electron chi connectivity index (χ2n) is 16.6. The second kappa shape index (κ2) is 11.9. The van der Waals surface area contributed by atoms with Crippen LogP contribution in [0.25, 0.3) is 44.5 Å². The van der Waals surface area contributed by atoms with Gasteiger partial charge in [-0.15, -0.1) is 0 Å². The number of likely N-dealkylation sites (tertiary alicyclic amines) is 1. The molecule has 3 aliphatic carbocycles. The van der Waals surface area contributed by atoms with Crippen LogP contribution in [0.2, 0.25) is 0 Å². The normalized spacial score (nSPS) is 24.7. The van der Waals surface area contributed by atoms with Crippen molar-refractivity contribution in [1.29, 1.82) is 0 Å². The van der Waals surface area contributed by atoms with Gasteiger partial charge < -0.3 is 30.2 Å². The zero-order valence-electron chi connectivity index (χ0n) is 30.5. The van der Waals surface area contributed by atoms with Gasteiger partial charge >= 0.3 is 6.09 Å². The summed E-state index contributed by atoms with van der Waals surface area (Å²) < 4.78 is 37.7. The molecule has 2 aliphatic heterocycles. The molecule has 2 saturated heterocycles. The zero-order valence-corrected chi connectivity index (χ0v) is 30.5. The van der Waals surface area contributed by atoms with Gasteiger partial charge in [-0.2, -0.15) is 8.78 Å². The fourth-order valence-electron chi connectivity index (χ4n) is 9.69. The number of nitrogens with one attached hydrogen (secondary N) is 4. The maximum atomic E-state index is 16.4. The van der Waals surface area contributed by atoms with Crippen LogP contribution >= 0.6 is 0 Å². The maximum absolute atomic E-state index is 16.4. The molecule has 278 valence electrons. The minimum absolute atomic E-state index is 0.0101. The van der Waals surface area contributed by atoms with E-state index in [1.54, 1.807) is 30.5 Å². The lowest BCUT2D eigenvalue weighted by Gasteiger charge is -2.30. The molecule has 54 heavy (non-hydrogen) atoms. The van der Waals surface area contributed by atoms with Crippen molar-refractivity contribution < 1.29 is 23.1 Å². The number of methoxy groups -OCH3 is 1. The maximum Gasteiger partial charge on any atom is 0.407 e. The van der Waals surface area contributed by atoms with Gasteiger partial charge in [0.1, 0.15) is 17.7 Å². The summed E-state index contributed by atoms with van der Waals surface area (Å²) >= 11 is 0. The van der Waals surface area contributed by atoms with Crippen molar-refractivity contribution in [2.45, 2.75) is 82.5 Å². The Balaban J connectivity index is 0.914. The zero-order chi connectivity index (χ0) is 37.1. The van der Waals surface area contributed by atoms with Gasteiger partial charge in [0.25, 0.3) is 5.92 Å². The van der Waals surface area contributed by atoms with Crippen molar-refractivity contribution in [2.75, 3.05) is 13.7 Å². The number of imidazole rings is 2. The number of hydrogen-bond acceptors (Lipinski definition) is 6. The molecule has 5 aromatic rings. The third kappa shape index (κ3) is 5.27. The largest absolute Gasteiger partial charge is 0.453 e. The number of rotatable bonds is 7. The van der Waals surface area contributed by atoms with Crippen LogP contribution in [0, 0.1) is 17.3 Å². The fraction of sp³-hybridized carbons (Fsp3) is 0.429. The quantitative estimate of drug-likeness (QED) is 0.134. The summed E-state index contributed by atoms with van der Waals surface area (Å²) in [6, 6.07) is 16.2. The molecule has 4 heterocycles. The summed E-state index contributed by atoms with van der Waals surface area (Å²) in [6.45, 7) is 4.35. The fourth-order valence-corrected chi connectivity index (χ4v) is 9.69. The summed E-state index contributed by atoms with van der Waals surface area (Å²) in [6.07, 6.45) is 7.46. The molecule has 2 amide bonds. The number of fused-ring (bicyclic) bond motifs is 6. The van der Waals surface area contributed by atoms with Crippen LogP contribution in [0.1, 0.15) is 87.2 Å². The van der Waals surface area contributed by atoms with E-state index < -0.39 is 18.1 Å². The first kappa shape index (κ1) is 33.5. The van der Waals surface area contributed by atoms with Crippen LogP contribution in [0.15, 0.2) is 60.8 Å². The van der Waals surface area contributed by atoms with Gasteiger partial charge in [-0.05, 0) is 102 Å². The number of ether oxygens (including phenoxy) is 1. The molecule has 0 radical (unpaired) electrons. The highest BCUT2D eigenvalue weighted by Gasteiger charge is 2.55. The van der Waals surface area contributed by atoms with Crippen LogP contribution in [-0.2, 0) is 15.5 Å². The number of piperidine rings is 1. The molecular formula is C42H43F2N7O3. The molecule has 4 N–H and O–H groups in total. The third-order valence-corrected chi connectivity index (χ3v) is 12.9. The van der Waals surface area contributed by atoms with E-state index in [0.717, 1.165) is 47.2 Å². The molecule has 2 unspecified atom stereocenters. The Morgan fingerprint density at radius 1 is 0.944 bits per heavy atom. The molecule has 5 aliphatic rings. The first-order chi connectivity index (χ1) is 26.0. The van der Waals surface area contributed by atoms with Gasteiger partial charge in [0.05, 0.1) is 42.1 Å². The van der Waals surface area contributed by atoms with Crippen molar-refractivity contribution in [3.8, 4) is 33.5 Å². The van der Waals surface area contributed by atoms with E-state index in [1.165, 1.54) is 26.4 Å². The Morgan fingerprint density at radius 2 is 1.67 bits per heavy atom. The number of carbonyl (C=O) groups is 2. The van der Waals surface area contributed by atoms with E-state index in [-0.39, 0.29) is 40.5 Å². The van der Waals surface area contributed by atoms with Crippen molar-refractivity contribution in [3.05, 3.63) is 83.6 Å². The molecule has 1 spiro atoms.